The van der Waals surface area contributed by atoms with Gasteiger partial charge in [-0.15, -0.1) is 0 Å². The van der Waals surface area contributed by atoms with Crippen molar-refractivity contribution in [3.05, 3.63) is 34.9 Å². The minimum Gasteiger partial charge on any atom is -0.478 e. The van der Waals surface area contributed by atoms with Crippen LogP contribution in [0.1, 0.15) is 44.9 Å². The Morgan fingerprint density at radius 1 is 1.12 bits per heavy atom. The highest BCUT2D eigenvalue weighted by Crippen LogP contribution is 2.12. The Labute approximate surface area is 98.0 Å². The van der Waals surface area contributed by atoms with Gasteiger partial charge in [-0.1, -0.05) is 0 Å². The summed E-state index contributed by atoms with van der Waals surface area (Å²) in [7, 11) is 0. The second-order valence-corrected chi connectivity index (χ2v) is 3.38. The number of benzene rings is 1. The molecule has 1 N–H and O–H groups in total. The van der Waals surface area contributed by atoms with Gasteiger partial charge < -0.3 is 9.84 Å². The van der Waals surface area contributed by atoms with E-state index < -0.39 is 11.9 Å². The van der Waals surface area contributed by atoms with Crippen LogP contribution in [-0.4, -0.2) is 29.4 Å². The van der Waals surface area contributed by atoms with Crippen LogP contribution in [0, 0.1) is 0 Å². The van der Waals surface area contributed by atoms with E-state index in [9.17, 15) is 14.4 Å². The summed E-state index contributed by atoms with van der Waals surface area (Å²) in [6.07, 6.45) is 0. The SMILES string of the molecule is CCOC(=O)c1cc(C(C)=O)cc(C(=O)O)c1. The van der Waals surface area contributed by atoms with Gasteiger partial charge in [-0.25, -0.2) is 9.59 Å². The Bertz CT molecular complexity index is 444. The first-order valence-corrected chi connectivity index (χ1v) is 5.02. The van der Waals surface area contributed by atoms with Crippen LogP contribution in [-0.2, 0) is 4.74 Å². The van der Waals surface area contributed by atoms with E-state index in [4.69, 9.17) is 9.84 Å². The zero-order chi connectivity index (χ0) is 13.0. The molecule has 1 aromatic carbocycles. The molecule has 5 nitrogen and oxygen atoms in total. The van der Waals surface area contributed by atoms with Crippen molar-refractivity contribution in [1.29, 1.82) is 0 Å². The summed E-state index contributed by atoms with van der Waals surface area (Å²) in [4.78, 5) is 33.5. The van der Waals surface area contributed by atoms with E-state index in [0.29, 0.717) is 0 Å². The predicted octanol–water partition coefficient (Wildman–Crippen LogP) is 1.76. The number of Topliss-reactive ketones (excluding diaryl/α,β-unsaturated/α-hetero) is 1. The molecule has 0 unspecified atom stereocenters. The fourth-order valence-corrected chi connectivity index (χ4v) is 1.29. The molecule has 0 saturated carbocycles. The first kappa shape index (κ1) is 12.9. The number of carbonyl (C=O) groups excluding carboxylic acids is 2. The van der Waals surface area contributed by atoms with E-state index in [0.717, 1.165) is 0 Å². The molecular weight excluding hydrogens is 224 g/mol. The Morgan fingerprint density at radius 2 is 1.65 bits per heavy atom. The summed E-state index contributed by atoms with van der Waals surface area (Å²) >= 11 is 0. The van der Waals surface area contributed by atoms with Gasteiger partial charge in [-0.05, 0) is 32.0 Å². The number of ketones is 1. The van der Waals surface area contributed by atoms with Crippen LogP contribution >= 0.6 is 0 Å². The number of carboxylic acids is 1. The summed E-state index contributed by atoms with van der Waals surface area (Å²) in [6, 6.07) is 3.74. The zero-order valence-electron chi connectivity index (χ0n) is 9.52. The Hall–Kier alpha value is -2.17. The second-order valence-electron chi connectivity index (χ2n) is 3.38. The van der Waals surface area contributed by atoms with Gasteiger partial charge in [0.15, 0.2) is 5.78 Å². The minimum atomic E-state index is -1.20. The van der Waals surface area contributed by atoms with Gasteiger partial charge in [-0.2, -0.15) is 0 Å². The molecule has 0 spiro atoms. The number of esters is 1. The fourth-order valence-electron chi connectivity index (χ4n) is 1.29. The molecule has 0 aliphatic carbocycles. The largest absolute Gasteiger partial charge is 0.478 e. The van der Waals surface area contributed by atoms with E-state index in [1.807, 2.05) is 0 Å². The molecule has 17 heavy (non-hydrogen) atoms. The number of hydrogen-bond donors (Lipinski definition) is 1. The lowest BCUT2D eigenvalue weighted by atomic mass is 10.0. The van der Waals surface area contributed by atoms with Gasteiger partial charge in [0.25, 0.3) is 0 Å². The highest BCUT2D eigenvalue weighted by molar-refractivity contribution is 6.01. The monoisotopic (exact) mass is 236 g/mol. The molecule has 1 aromatic rings. The first-order valence-electron chi connectivity index (χ1n) is 5.02. The van der Waals surface area contributed by atoms with Crippen molar-refractivity contribution in [1.82, 2.24) is 0 Å². The van der Waals surface area contributed by atoms with Crippen LogP contribution in [0.5, 0.6) is 0 Å². The number of aromatic carboxylic acids is 1. The Kier molecular flexibility index (Phi) is 3.98. The van der Waals surface area contributed by atoms with Crippen LogP contribution in [0.25, 0.3) is 0 Å². The van der Waals surface area contributed by atoms with E-state index in [1.54, 1.807) is 6.92 Å². The maximum absolute atomic E-state index is 11.5. The normalized spacial score (nSPS) is 9.76. The molecule has 0 aliphatic heterocycles. The smallest absolute Gasteiger partial charge is 0.338 e. The highest BCUT2D eigenvalue weighted by atomic mass is 16.5. The number of ether oxygens (including phenoxy) is 1. The molecule has 90 valence electrons. The van der Waals surface area contributed by atoms with E-state index in [-0.39, 0.29) is 29.1 Å². The highest BCUT2D eigenvalue weighted by Gasteiger charge is 2.14. The maximum Gasteiger partial charge on any atom is 0.338 e. The van der Waals surface area contributed by atoms with Crippen molar-refractivity contribution in [2.75, 3.05) is 6.61 Å². The van der Waals surface area contributed by atoms with Crippen molar-refractivity contribution in [3.63, 3.8) is 0 Å². The van der Waals surface area contributed by atoms with Gasteiger partial charge in [0.1, 0.15) is 0 Å². The lowest BCUT2D eigenvalue weighted by Gasteiger charge is -2.05. The molecule has 0 aliphatic rings. The standard InChI is InChI=1S/C12H12O5/c1-3-17-12(16)10-5-8(7(2)13)4-9(6-10)11(14)15/h4-6H,3H2,1-2H3,(H,14,15). The predicted molar refractivity (Wildman–Crippen MR) is 59.4 cm³/mol. The van der Waals surface area contributed by atoms with Crippen molar-refractivity contribution in [2.45, 2.75) is 13.8 Å². The average molecular weight is 236 g/mol. The van der Waals surface area contributed by atoms with Gasteiger partial charge >= 0.3 is 11.9 Å². The fraction of sp³-hybridized carbons (Fsp3) is 0.250. The van der Waals surface area contributed by atoms with Gasteiger partial charge in [-0.3, -0.25) is 4.79 Å². The first-order chi connectivity index (χ1) is 7.95. The van der Waals surface area contributed by atoms with E-state index >= 15 is 0 Å². The third kappa shape index (κ3) is 3.14. The summed E-state index contributed by atoms with van der Waals surface area (Å²) in [5.74, 6) is -2.14. The molecular formula is C12H12O5. The summed E-state index contributed by atoms with van der Waals surface area (Å²) in [5.41, 5.74) is 0.130. The molecule has 1 rings (SSSR count). The van der Waals surface area contributed by atoms with Crippen LogP contribution < -0.4 is 0 Å². The summed E-state index contributed by atoms with van der Waals surface area (Å²) in [5, 5.41) is 8.86. The Morgan fingerprint density at radius 3 is 2.12 bits per heavy atom. The molecule has 0 heterocycles. The lowest BCUT2D eigenvalue weighted by Crippen LogP contribution is -2.09. The molecule has 0 aromatic heterocycles. The Balaban J connectivity index is 3.26. The van der Waals surface area contributed by atoms with Crippen LogP contribution in [0.15, 0.2) is 18.2 Å². The maximum atomic E-state index is 11.5. The topological polar surface area (TPSA) is 80.7 Å². The van der Waals surface area contributed by atoms with E-state index in [1.165, 1.54) is 25.1 Å². The quantitative estimate of drug-likeness (QED) is 0.636. The van der Waals surface area contributed by atoms with Crippen molar-refractivity contribution < 1.29 is 24.2 Å². The summed E-state index contributed by atoms with van der Waals surface area (Å²) in [6.45, 7) is 3.13. The molecule has 0 bridgehead atoms. The average Bonchev–Trinajstić information content (AvgIpc) is 2.28. The number of rotatable bonds is 4. The summed E-state index contributed by atoms with van der Waals surface area (Å²) < 4.78 is 4.75. The van der Waals surface area contributed by atoms with Gasteiger partial charge in [0.05, 0.1) is 17.7 Å². The third-order valence-electron chi connectivity index (χ3n) is 2.10. The second kappa shape index (κ2) is 5.25. The number of carboxylic acid groups (broad SMARTS) is 1. The van der Waals surface area contributed by atoms with Crippen LogP contribution in [0.2, 0.25) is 0 Å². The van der Waals surface area contributed by atoms with Gasteiger partial charge in [0, 0.05) is 5.56 Å². The molecule has 5 heteroatoms. The van der Waals surface area contributed by atoms with Gasteiger partial charge in [0.2, 0.25) is 0 Å². The van der Waals surface area contributed by atoms with Crippen molar-refractivity contribution in [3.8, 4) is 0 Å². The zero-order valence-corrected chi connectivity index (χ0v) is 9.52. The van der Waals surface area contributed by atoms with E-state index in [2.05, 4.69) is 0 Å². The molecule has 0 amide bonds. The lowest BCUT2D eigenvalue weighted by molar-refractivity contribution is 0.0526. The van der Waals surface area contributed by atoms with Crippen molar-refractivity contribution in [2.24, 2.45) is 0 Å². The van der Waals surface area contributed by atoms with Crippen LogP contribution in [0.3, 0.4) is 0 Å². The minimum absolute atomic E-state index is 0.0666. The molecule has 0 radical (unpaired) electrons. The molecule has 0 saturated heterocycles. The molecule has 0 atom stereocenters. The third-order valence-corrected chi connectivity index (χ3v) is 2.10. The molecule has 0 fully saturated rings. The van der Waals surface area contributed by atoms with Crippen molar-refractivity contribution >= 4 is 17.7 Å². The number of hydrogen-bond acceptors (Lipinski definition) is 4. The van der Waals surface area contributed by atoms with Crippen LogP contribution in [0.4, 0.5) is 0 Å². The number of carbonyl (C=O) groups is 3.